The third-order valence-electron chi connectivity index (χ3n) is 6.54. The number of amidine groups is 1. The fourth-order valence-corrected chi connectivity index (χ4v) is 5.82. The summed E-state index contributed by atoms with van der Waals surface area (Å²) in [5.41, 5.74) is 7.31. The summed E-state index contributed by atoms with van der Waals surface area (Å²) in [5, 5.41) is 28.1. The van der Waals surface area contributed by atoms with Gasteiger partial charge in [0, 0.05) is 17.8 Å². The van der Waals surface area contributed by atoms with Crippen molar-refractivity contribution in [2.75, 3.05) is 5.32 Å². The topological polar surface area (TPSA) is 120 Å². The van der Waals surface area contributed by atoms with E-state index in [1.807, 2.05) is 12.3 Å². The molecule has 5 atom stereocenters. The molecule has 4 bridgehead atoms. The van der Waals surface area contributed by atoms with E-state index in [4.69, 9.17) is 10.9 Å². The van der Waals surface area contributed by atoms with E-state index in [-0.39, 0.29) is 11.9 Å². The molecule has 0 aromatic carbocycles. The van der Waals surface area contributed by atoms with Gasteiger partial charge in [-0.25, -0.2) is 4.98 Å². The van der Waals surface area contributed by atoms with Crippen LogP contribution in [0.3, 0.4) is 0 Å². The number of aromatic amines is 1. The van der Waals surface area contributed by atoms with Crippen LogP contribution < -0.4 is 11.1 Å². The largest absolute Gasteiger partial charge is 0.409 e. The highest BCUT2D eigenvalue weighted by Crippen LogP contribution is 2.56. The lowest BCUT2D eigenvalue weighted by Gasteiger charge is -2.59. The van der Waals surface area contributed by atoms with Crippen LogP contribution in [-0.4, -0.2) is 37.8 Å². The predicted molar refractivity (Wildman–Crippen MR) is 94.5 cm³/mol. The number of H-pyrrole nitrogens is 1. The van der Waals surface area contributed by atoms with Crippen molar-refractivity contribution >= 4 is 22.6 Å². The van der Waals surface area contributed by atoms with Gasteiger partial charge in [-0.05, 0) is 55.9 Å². The Hall–Kier alpha value is -2.28. The lowest BCUT2D eigenvalue weighted by atomic mass is 9.52. The second-order valence-electron chi connectivity index (χ2n) is 8.11. The van der Waals surface area contributed by atoms with Gasteiger partial charge in [0.2, 0.25) is 0 Å². The summed E-state index contributed by atoms with van der Waals surface area (Å²) in [7, 11) is 0. The molecule has 25 heavy (non-hydrogen) atoms. The molecule has 0 spiro atoms. The monoisotopic (exact) mass is 341 g/mol. The lowest BCUT2D eigenvalue weighted by Crippen LogP contribution is -2.63. The van der Waals surface area contributed by atoms with Gasteiger partial charge in [0.1, 0.15) is 5.65 Å². The number of nitrogens with one attached hydrogen (secondary N) is 2. The van der Waals surface area contributed by atoms with Crippen molar-refractivity contribution in [3.63, 3.8) is 0 Å². The molecule has 4 fully saturated rings. The number of aromatic nitrogens is 2. The molecule has 3 unspecified atom stereocenters. The molecule has 0 saturated heterocycles. The first-order valence-corrected chi connectivity index (χ1v) is 9.00. The highest BCUT2D eigenvalue weighted by Gasteiger charge is 2.56. The number of hydrogen-bond donors (Lipinski definition) is 5. The number of anilines is 1. The molecule has 2 aromatic rings. The summed E-state index contributed by atoms with van der Waals surface area (Å²) in [6.45, 7) is 0. The fourth-order valence-electron chi connectivity index (χ4n) is 5.82. The van der Waals surface area contributed by atoms with Gasteiger partial charge in [-0.15, -0.1) is 0 Å². The van der Waals surface area contributed by atoms with Crippen LogP contribution in [0.1, 0.15) is 37.7 Å². The maximum atomic E-state index is 11.3. The first kappa shape index (κ1) is 15.0. The standard InChI is InChI=1S/C18H23N5O2/c19-16(23-25)13-8-21-17-12(1-2-20-17)14(13)22-15-11-4-9-3-10(5-11)7-18(15,24)6-9/h1-2,8-11,15,24-25H,3-7H2,(H2,19,23)(H2,20,21,22)/t9-,10?,11?,15+,18?/m0/s1. The number of fused-ring (bicyclic) bond motifs is 1. The number of rotatable bonds is 3. The van der Waals surface area contributed by atoms with E-state index in [2.05, 4.69) is 20.4 Å². The molecule has 4 aliphatic rings. The summed E-state index contributed by atoms with van der Waals surface area (Å²) in [6, 6.07) is 1.92. The van der Waals surface area contributed by atoms with Crippen LogP contribution in [0.4, 0.5) is 5.69 Å². The van der Waals surface area contributed by atoms with Gasteiger partial charge in [-0.2, -0.15) is 0 Å². The molecule has 132 valence electrons. The van der Waals surface area contributed by atoms with Crippen molar-refractivity contribution in [1.82, 2.24) is 9.97 Å². The van der Waals surface area contributed by atoms with E-state index in [1.54, 1.807) is 6.20 Å². The minimum Gasteiger partial charge on any atom is -0.409 e. The van der Waals surface area contributed by atoms with Crippen molar-refractivity contribution in [3.05, 3.63) is 24.0 Å². The fraction of sp³-hybridized carbons (Fsp3) is 0.556. The molecule has 0 aliphatic heterocycles. The number of hydrogen-bond acceptors (Lipinski definition) is 5. The van der Waals surface area contributed by atoms with Gasteiger partial charge < -0.3 is 26.3 Å². The number of nitrogens with zero attached hydrogens (tertiary/aromatic N) is 2. The van der Waals surface area contributed by atoms with Gasteiger partial charge in [-0.1, -0.05) is 5.16 Å². The molecular formula is C18H23N5O2. The molecule has 6 rings (SSSR count). The Labute approximate surface area is 145 Å². The molecule has 7 nitrogen and oxygen atoms in total. The van der Waals surface area contributed by atoms with Crippen molar-refractivity contribution < 1.29 is 10.3 Å². The Bertz CT molecular complexity index is 846. The number of aliphatic hydroxyl groups is 1. The maximum absolute atomic E-state index is 11.3. The van der Waals surface area contributed by atoms with Gasteiger partial charge in [0.05, 0.1) is 22.9 Å². The second-order valence-corrected chi connectivity index (χ2v) is 8.11. The van der Waals surface area contributed by atoms with E-state index in [9.17, 15) is 5.11 Å². The zero-order valence-electron chi connectivity index (χ0n) is 13.9. The van der Waals surface area contributed by atoms with Crippen molar-refractivity contribution in [2.45, 2.75) is 43.7 Å². The molecule has 4 aliphatic carbocycles. The minimum absolute atomic E-state index is 0.00829. The van der Waals surface area contributed by atoms with Gasteiger partial charge >= 0.3 is 0 Å². The lowest BCUT2D eigenvalue weighted by molar-refractivity contribution is -0.133. The van der Waals surface area contributed by atoms with E-state index in [0.717, 1.165) is 29.6 Å². The third kappa shape index (κ3) is 2.15. The first-order chi connectivity index (χ1) is 12.1. The molecule has 2 aromatic heterocycles. The smallest absolute Gasteiger partial charge is 0.173 e. The van der Waals surface area contributed by atoms with E-state index >= 15 is 0 Å². The average molecular weight is 341 g/mol. The Kier molecular flexibility index (Phi) is 3.07. The predicted octanol–water partition coefficient (Wildman–Crippen LogP) is 2.01. The van der Waals surface area contributed by atoms with Crippen LogP contribution in [0.15, 0.2) is 23.6 Å². The van der Waals surface area contributed by atoms with Crippen LogP contribution in [0.25, 0.3) is 11.0 Å². The molecule has 2 heterocycles. The zero-order chi connectivity index (χ0) is 17.2. The maximum Gasteiger partial charge on any atom is 0.173 e. The summed E-state index contributed by atoms with van der Waals surface area (Å²) in [4.78, 5) is 7.44. The first-order valence-electron chi connectivity index (χ1n) is 9.00. The van der Waals surface area contributed by atoms with Gasteiger partial charge in [0.25, 0.3) is 0 Å². The number of pyridine rings is 1. The number of oxime groups is 1. The normalized spacial score (nSPS) is 36.9. The summed E-state index contributed by atoms with van der Waals surface area (Å²) in [6.07, 6.45) is 8.81. The number of nitrogens with two attached hydrogens (primary N) is 1. The Morgan fingerprint density at radius 3 is 2.76 bits per heavy atom. The van der Waals surface area contributed by atoms with Gasteiger partial charge in [-0.3, -0.25) is 0 Å². The van der Waals surface area contributed by atoms with Crippen LogP contribution >= 0.6 is 0 Å². The van der Waals surface area contributed by atoms with Crippen molar-refractivity contribution in [1.29, 1.82) is 0 Å². The molecule has 7 heteroatoms. The second kappa shape index (κ2) is 5.11. The average Bonchev–Trinajstić information content (AvgIpc) is 3.05. The highest BCUT2D eigenvalue weighted by molar-refractivity contribution is 6.08. The molecule has 0 amide bonds. The highest BCUT2D eigenvalue weighted by atomic mass is 16.4. The quantitative estimate of drug-likeness (QED) is 0.253. The summed E-state index contributed by atoms with van der Waals surface area (Å²) in [5.74, 6) is 1.81. The Balaban J connectivity index is 1.59. The minimum atomic E-state index is -0.664. The van der Waals surface area contributed by atoms with Gasteiger partial charge in [0.15, 0.2) is 5.84 Å². The molecule has 0 radical (unpaired) electrons. The van der Waals surface area contributed by atoms with Crippen LogP contribution in [0.5, 0.6) is 0 Å². The molecular weight excluding hydrogens is 318 g/mol. The van der Waals surface area contributed by atoms with Crippen LogP contribution in [-0.2, 0) is 0 Å². The Morgan fingerprint density at radius 1 is 1.32 bits per heavy atom. The third-order valence-corrected chi connectivity index (χ3v) is 6.54. The van der Waals surface area contributed by atoms with Crippen molar-refractivity contribution in [2.24, 2.45) is 28.6 Å². The SMILES string of the molecule is N/C(=N\O)c1cnc2[nH]ccc2c1N[C@@H]1C2CC3C[C@@H](C2)CC1(O)C3. The Morgan fingerprint density at radius 2 is 2.08 bits per heavy atom. The summed E-state index contributed by atoms with van der Waals surface area (Å²) < 4.78 is 0. The van der Waals surface area contributed by atoms with E-state index in [0.29, 0.717) is 23.3 Å². The summed E-state index contributed by atoms with van der Waals surface area (Å²) >= 11 is 0. The van der Waals surface area contributed by atoms with E-state index in [1.165, 1.54) is 19.3 Å². The van der Waals surface area contributed by atoms with Crippen molar-refractivity contribution in [3.8, 4) is 0 Å². The molecule has 4 saturated carbocycles. The molecule has 6 N–H and O–H groups in total. The van der Waals surface area contributed by atoms with Crippen LogP contribution in [0, 0.1) is 17.8 Å². The zero-order valence-corrected chi connectivity index (χ0v) is 13.9. The van der Waals surface area contributed by atoms with Crippen LogP contribution in [0.2, 0.25) is 0 Å². The van der Waals surface area contributed by atoms with E-state index < -0.39 is 5.60 Å².